The number of para-hydroxylation sites is 2. The van der Waals surface area contributed by atoms with Crippen molar-refractivity contribution in [1.82, 2.24) is 15.2 Å². The van der Waals surface area contributed by atoms with E-state index in [9.17, 15) is 4.79 Å². The van der Waals surface area contributed by atoms with Gasteiger partial charge in [-0.2, -0.15) is 4.98 Å². The number of amides is 1. The highest BCUT2D eigenvalue weighted by Crippen LogP contribution is 2.27. The van der Waals surface area contributed by atoms with Crippen molar-refractivity contribution in [3.8, 4) is 0 Å². The zero-order valence-corrected chi connectivity index (χ0v) is 14.1. The Labute approximate surface area is 141 Å². The van der Waals surface area contributed by atoms with Gasteiger partial charge < -0.3 is 19.5 Å². The van der Waals surface area contributed by atoms with Crippen molar-refractivity contribution < 1.29 is 9.21 Å². The molecular weight excluding hydrogens is 304 g/mol. The number of benzene rings is 1. The fourth-order valence-electron chi connectivity index (χ4n) is 3.77. The first-order valence-corrected chi connectivity index (χ1v) is 8.81. The highest BCUT2D eigenvalue weighted by molar-refractivity contribution is 5.79. The van der Waals surface area contributed by atoms with Crippen molar-refractivity contribution >= 4 is 23.0 Å². The average Bonchev–Trinajstić information content (AvgIpc) is 3.28. The highest BCUT2D eigenvalue weighted by Gasteiger charge is 2.33. The molecule has 1 atom stereocenters. The highest BCUT2D eigenvalue weighted by atomic mass is 16.4. The third-order valence-corrected chi connectivity index (χ3v) is 5.31. The maximum absolute atomic E-state index is 12.7. The fourth-order valence-corrected chi connectivity index (χ4v) is 3.77. The largest absolute Gasteiger partial charge is 0.423 e. The number of hydrogen-bond donors (Lipinski definition) is 1. The van der Waals surface area contributed by atoms with Gasteiger partial charge in [-0.1, -0.05) is 12.1 Å². The van der Waals surface area contributed by atoms with Crippen molar-refractivity contribution in [2.24, 2.45) is 5.92 Å². The molecular formula is C18H24N4O2. The van der Waals surface area contributed by atoms with Gasteiger partial charge in [0, 0.05) is 38.1 Å². The second kappa shape index (κ2) is 6.43. The maximum atomic E-state index is 12.7. The molecule has 4 rings (SSSR count). The van der Waals surface area contributed by atoms with Gasteiger partial charge >= 0.3 is 0 Å². The van der Waals surface area contributed by atoms with Crippen LogP contribution in [-0.4, -0.2) is 55.1 Å². The minimum atomic E-state index is 0.140. The number of fused-ring (bicyclic) bond motifs is 1. The van der Waals surface area contributed by atoms with Gasteiger partial charge in [0.15, 0.2) is 5.58 Å². The van der Waals surface area contributed by atoms with E-state index in [1.807, 2.05) is 36.2 Å². The Hall–Kier alpha value is -2.08. The summed E-state index contributed by atoms with van der Waals surface area (Å²) in [7, 11) is 1.97. The van der Waals surface area contributed by atoms with Gasteiger partial charge in [-0.15, -0.1) is 0 Å². The molecule has 2 fully saturated rings. The van der Waals surface area contributed by atoms with E-state index in [4.69, 9.17) is 4.42 Å². The molecule has 2 aromatic rings. The lowest BCUT2D eigenvalue weighted by molar-refractivity contribution is -0.135. The molecule has 0 bridgehead atoms. The van der Waals surface area contributed by atoms with Crippen molar-refractivity contribution in [3.05, 3.63) is 24.3 Å². The van der Waals surface area contributed by atoms with Crippen LogP contribution in [0.4, 0.5) is 6.01 Å². The number of oxazole rings is 1. The Balaban J connectivity index is 1.37. The predicted molar refractivity (Wildman–Crippen MR) is 93.0 cm³/mol. The molecule has 2 aliphatic rings. The van der Waals surface area contributed by atoms with Crippen LogP contribution in [0, 0.1) is 5.92 Å². The monoisotopic (exact) mass is 328 g/mol. The maximum Gasteiger partial charge on any atom is 0.298 e. The second-order valence-electron chi connectivity index (χ2n) is 6.78. The van der Waals surface area contributed by atoms with E-state index in [1.165, 1.54) is 0 Å². The normalized spacial score (nSPS) is 22.5. The van der Waals surface area contributed by atoms with Crippen molar-refractivity contribution in [2.45, 2.75) is 25.3 Å². The summed E-state index contributed by atoms with van der Waals surface area (Å²) in [5.41, 5.74) is 1.71. The Kier molecular flexibility index (Phi) is 4.14. The van der Waals surface area contributed by atoms with Crippen LogP contribution < -0.4 is 10.2 Å². The number of carbonyl (C=O) groups is 1. The Bertz CT molecular complexity index is 688. The molecule has 0 aliphatic carbocycles. The molecule has 6 heteroatoms. The molecule has 6 nitrogen and oxygen atoms in total. The molecule has 128 valence electrons. The van der Waals surface area contributed by atoms with Gasteiger partial charge in [0.1, 0.15) is 5.52 Å². The molecule has 3 heterocycles. The van der Waals surface area contributed by atoms with E-state index in [2.05, 4.69) is 15.2 Å². The number of carbonyl (C=O) groups excluding carboxylic acids is 1. The lowest BCUT2D eigenvalue weighted by atomic mass is 9.95. The topological polar surface area (TPSA) is 61.6 Å². The molecule has 24 heavy (non-hydrogen) atoms. The zero-order chi connectivity index (χ0) is 16.5. The fraction of sp³-hybridized carbons (Fsp3) is 0.556. The molecule has 2 saturated heterocycles. The molecule has 2 aliphatic heterocycles. The summed E-state index contributed by atoms with van der Waals surface area (Å²) in [6.45, 7) is 3.38. The number of piperidine rings is 1. The molecule has 0 radical (unpaired) electrons. The SMILES string of the molecule is CNC1CCN(C(=O)C2CCN(c3nc4ccccc4o3)CC2)C1. The number of nitrogens with zero attached hydrogens (tertiary/aromatic N) is 3. The Morgan fingerprint density at radius 1 is 1.21 bits per heavy atom. The van der Waals surface area contributed by atoms with E-state index in [0.29, 0.717) is 18.0 Å². The number of anilines is 1. The van der Waals surface area contributed by atoms with Crippen LogP contribution in [0.5, 0.6) is 0 Å². The molecule has 0 saturated carbocycles. The summed E-state index contributed by atoms with van der Waals surface area (Å²) >= 11 is 0. The van der Waals surface area contributed by atoms with Gasteiger partial charge in [-0.25, -0.2) is 0 Å². The smallest absolute Gasteiger partial charge is 0.298 e. The van der Waals surface area contributed by atoms with Gasteiger partial charge in [0.2, 0.25) is 5.91 Å². The first-order chi connectivity index (χ1) is 11.7. The Morgan fingerprint density at radius 3 is 2.71 bits per heavy atom. The number of rotatable bonds is 3. The molecule has 1 aromatic heterocycles. The third-order valence-electron chi connectivity index (χ3n) is 5.31. The number of nitrogens with one attached hydrogen (secondary N) is 1. The predicted octanol–water partition coefficient (Wildman–Crippen LogP) is 1.86. The number of aromatic nitrogens is 1. The van der Waals surface area contributed by atoms with Crippen LogP contribution in [0.1, 0.15) is 19.3 Å². The number of likely N-dealkylation sites (N-methyl/N-ethyl adjacent to an activating group) is 1. The van der Waals surface area contributed by atoms with Crippen LogP contribution in [0.15, 0.2) is 28.7 Å². The van der Waals surface area contributed by atoms with E-state index in [0.717, 1.165) is 56.5 Å². The van der Waals surface area contributed by atoms with E-state index in [1.54, 1.807) is 0 Å². The van der Waals surface area contributed by atoms with Crippen molar-refractivity contribution in [2.75, 3.05) is 38.1 Å². The van der Waals surface area contributed by atoms with Crippen LogP contribution in [0.3, 0.4) is 0 Å². The quantitative estimate of drug-likeness (QED) is 0.932. The summed E-state index contributed by atoms with van der Waals surface area (Å²) in [5.74, 6) is 0.464. The Morgan fingerprint density at radius 2 is 2.00 bits per heavy atom. The van der Waals surface area contributed by atoms with E-state index < -0.39 is 0 Å². The van der Waals surface area contributed by atoms with Crippen molar-refractivity contribution in [1.29, 1.82) is 0 Å². The molecule has 1 N–H and O–H groups in total. The average molecular weight is 328 g/mol. The minimum absolute atomic E-state index is 0.140. The molecule has 1 unspecified atom stereocenters. The molecule has 1 aromatic carbocycles. The minimum Gasteiger partial charge on any atom is -0.423 e. The zero-order valence-electron chi connectivity index (χ0n) is 14.1. The summed E-state index contributed by atoms with van der Waals surface area (Å²) in [4.78, 5) is 21.4. The lowest BCUT2D eigenvalue weighted by Crippen LogP contribution is -2.42. The van der Waals surface area contributed by atoms with Crippen LogP contribution in [-0.2, 0) is 4.79 Å². The first-order valence-electron chi connectivity index (χ1n) is 8.81. The summed E-state index contributed by atoms with van der Waals surface area (Å²) < 4.78 is 5.84. The summed E-state index contributed by atoms with van der Waals surface area (Å²) in [6, 6.07) is 8.95. The van der Waals surface area contributed by atoms with E-state index >= 15 is 0 Å². The first kappa shape index (κ1) is 15.4. The van der Waals surface area contributed by atoms with Crippen LogP contribution in [0.2, 0.25) is 0 Å². The van der Waals surface area contributed by atoms with Gasteiger partial charge in [-0.3, -0.25) is 4.79 Å². The lowest BCUT2D eigenvalue weighted by Gasteiger charge is -2.32. The molecule has 0 spiro atoms. The van der Waals surface area contributed by atoms with Crippen LogP contribution in [0.25, 0.3) is 11.1 Å². The number of hydrogen-bond acceptors (Lipinski definition) is 5. The molecule has 1 amide bonds. The third kappa shape index (κ3) is 2.86. The summed E-state index contributed by atoms with van der Waals surface area (Å²) in [5, 5.41) is 3.27. The van der Waals surface area contributed by atoms with E-state index in [-0.39, 0.29) is 5.92 Å². The van der Waals surface area contributed by atoms with Crippen molar-refractivity contribution in [3.63, 3.8) is 0 Å². The second-order valence-corrected chi connectivity index (χ2v) is 6.78. The van der Waals surface area contributed by atoms with Gasteiger partial charge in [0.25, 0.3) is 6.01 Å². The van der Waals surface area contributed by atoms with Gasteiger partial charge in [0.05, 0.1) is 0 Å². The van der Waals surface area contributed by atoms with Gasteiger partial charge in [-0.05, 0) is 38.4 Å². The number of likely N-dealkylation sites (tertiary alicyclic amines) is 1. The summed E-state index contributed by atoms with van der Waals surface area (Å²) in [6.07, 6.45) is 2.81. The van der Waals surface area contributed by atoms with Crippen LogP contribution >= 0.6 is 0 Å². The standard InChI is InChI=1S/C18H24N4O2/c1-19-14-8-11-22(12-14)17(23)13-6-9-21(10-7-13)18-20-15-4-2-3-5-16(15)24-18/h2-5,13-14,19H,6-12H2,1H3.